The summed E-state index contributed by atoms with van der Waals surface area (Å²) in [6.45, 7) is 2.40. The van der Waals surface area contributed by atoms with Gasteiger partial charge in [0.2, 0.25) is 0 Å². The molecule has 0 radical (unpaired) electrons. The summed E-state index contributed by atoms with van der Waals surface area (Å²) in [5.74, 6) is -0.886. The van der Waals surface area contributed by atoms with Gasteiger partial charge in [-0.05, 0) is 31.2 Å². The number of benzene rings is 2. The number of esters is 2. The van der Waals surface area contributed by atoms with Crippen LogP contribution in [0.5, 0.6) is 0 Å². The molecule has 0 spiro atoms. The predicted octanol–water partition coefficient (Wildman–Crippen LogP) is 3.08. The number of rotatable bonds is 8. The number of hydrogen-bond donors (Lipinski definition) is 2. The molecule has 0 saturated carbocycles. The Labute approximate surface area is 168 Å². The molecule has 0 aliphatic heterocycles. The number of aromatic nitrogens is 1. The third-order valence-corrected chi connectivity index (χ3v) is 4.55. The first-order chi connectivity index (χ1) is 14.0. The van der Waals surface area contributed by atoms with E-state index in [-0.39, 0.29) is 19.7 Å². The lowest BCUT2D eigenvalue weighted by Crippen LogP contribution is -2.27. The standard InChI is InChI=1S/C22H24N2O5/c1-3-29-22(27)20-12-15-8-4-7-11-19(15)24(20)14-16(25)13-23-18-10-6-5-9-17(18)21(26)28-2/h4-12,16,23,25H,3,13-14H2,1-2H3. The summed E-state index contributed by atoms with van der Waals surface area (Å²) in [6.07, 6.45) is -0.815. The van der Waals surface area contributed by atoms with Gasteiger partial charge in [-0.2, -0.15) is 0 Å². The lowest BCUT2D eigenvalue weighted by Gasteiger charge is -2.17. The van der Waals surface area contributed by atoms with Crippen molar-refractivity contribution >= 4 is 28.5 Å². The van der Waals surface area contributed by atoms with Gasteiger partial charge in [0.1, 0.15) is 5.69 Å². The highest BCUT2D eigenvalue weighted by Gasteiger charge is 2.19. The van der Waals surface area contributed by atoms with Crippen LogP contribution < -0.4 is 5.32 Å². The lowest BCUT2D eigenvalue weighted by molar-refractivity contribution is 0.0509. The Hall–Kier alpha value is -3.32. The molecule has 0 aliphatic carbocycles. The zero-order valence-corrected chi connectivity index (χ0v) is 16.4. The van der Waals surface area contributed by atoms with Crippen LogP contribution in [0.4, 0.5) is 5.69 Å². The Kier molecular flexibility index (Phi) is 6.51. The average Bonchev–Trinajstić information content (AvgIpc) is 3.10. The van der Waals surface area contributed by atoms with Crippen LogP contribution in [0, 0.1) is 0 Å². The Balaban J connectivity index is 1.78. The number of carbonyl (C=O) groups excluding carboxylic acids is 2. The number of aliphatic hydroxyl groups is 1. The first-order valence-electron chi connectivity index (χ1n) is 9.39. The summed E-state index contributed by atoms with van der Waals surface area (Å²) < 4.78 is 11.7. The summed E-state index contributed by atoms with van der Waals surface area (Å²) in [5.41, 5.74) is 2.19. The van der Waals surface area contributed by atoms with Crippen LogP contribution in [0.25, 0.3) is 10.9 Å². The summed E-state index contributed by atoms with van der Waals surface area (Å²) in [4.78, 5) is 24.2. The van der Waals surface area contributed by atoms with Gasteiger partial charge in [0.25, 0.3) is 0 Å². The largest absolute Gasteiger partial charge is 0.465 e. The van der Waals surface area contributed by atoms with Crippen molar-refractivity contribution < 1.29 is 24.2 Å². The molecule has 0 saturated heterocycles. The van der Waals surface area contributed by atoms with Crippen LogP contribution in [0.3, 0.4) is 0 Å². The second-order valence-electron chi connectivity index (χ2n) is 6.49. The van der Waals surface area contributed by atoms with E-state index in [1.165, 1.54) is 7.11 Å². The van der Waals surface area contributed by atoms with Crippen LogP contribution in [-0.2, 0) is 16.0 Å². The molecule has 0 aliphatic rings. The number of para-hydroxylation sites is 2. The van der Waals surface area contributed by atoms with Crippen molar-refractivity contribution in [1.82, 2.24) is 4.57 Å². The third-order valence-electron chi connectivity index (χ3n) is 4.55. The van der Waals surface area contributed by atoms with E-state index in [0.717, 1.165) is 10.9 Å². The molecule has 3 aromatic rings. The van der Waals surface area contributed by atoms with Gasteiger partial charge in [0.05, 0.1) is 31.9 Å². The lowest BCUT2D eigenvalue weighted by atomic mass is 10.1. The topological polar surface area (TPSA) is 89.8 Å². The minimum Gasteiger partial charge on any atom is -0.465 e. The monoisotopic (exact) mass is 396 g/mol. The summed E-state index contributed by atoms with van der Waals surface area (Å²) in [5, 5.41) is 14.6. The number of fused-ring (bicyclic) bond motifs is 1. The molecule has 152 valence electrons. The maximum Gasteiger partial charge on any atom is 0.354 e. The van der Waals surface area contributed by atoms with Crippen LogP contribution in [-0.4, -0.2) is 48.0 Å². The number of nitrogens with zero attached hydrogens (tertiary/aromatic N) is 1. The molecule has 1 unspecified atom stereocenters. The average molecular weight is 396 g/mol. The van der Waals surface area contributed by atoms with E-state index in [9.17, 15) is 14.7 Å². The molecule has 1 heterocycles. The minimum atomic E-state index is -0.815. The highest BCUT2D eigenvalue weighted by Crippen LogP contribution is 2.22. The van der Waals surface area contributed by atoms with Gasteiger partial charge in [-0.1, -0.05) is 30.3 Å². The van der Waals surface area contributed by atoms with Crippen LogP contribution in [0.15, 0.2) is 54.6 Å². The molecule has 2 N–H and O–H groups in total. The summed E-state index contributed by atoms with van der Waals surface area (Å²) in [6, 6.07) is 16.3. The highest BCUT2D eigenvalue weighted by atomic mass is 16.5. The number of methoxy groups -OCH3 is 1. The Bertz CT molecular complexity index is 1010. The van der Waals surface area contributed by atoms with Gasteiger partial charge in [0.15, 0.2) is 0 Å². The van der Waals surface area contributed by atoms with E-state index in [4.69, 9.17) is 9.47 Å². The highest BCUT2D eigenvalue weighted by molar-refractivity contribution is 5.96. The summed E-state index contributed by atoms with van der Waals surface area (Å²) in [7, 11) is 1.32. The van der Waals surface area contributed by atoms with Crippen LogP contribution >= 0.6 is 0 Å². The number of anilines is 1. The minimum absolute atomic E-state index is 0.183. The molecular weight excluding hydrogens is 372 g/mol. The maximum atomic E-state index is 12.4. The quantitative estimate of drug-likeness (QED) is 0.569. The van der Waals surface area contributed by atoms with Crippen molar-refractivity contribution in [3.8, 4) is 0 Å². The SMILES string of the molecule is CCOC(=O)c1cc2ccccc2n1CC(O)CNc1ccccc1C(=O)OC. The van der Waals surface area contributed by atoms with Crippen molar-refractivity contribution in [3.63, 3.8) is 0 Å². The maximum absolute atomic E-state index is 12.4. The molecule has 1 aromatic heterocycles. The smallest absolute Gasteiger partial charge is 0.354 e. The molecule has 1 atom stereocenters. The molecule has 29 heavy (non-hydrogen) atoms. The molecule has 7 heteroatoms. The Morgan fingerprint density at radius 3 is 2.59 bits per heavy atom. The molecule has 0 amide bonds. The molecule has 2 aromatic carbocycles. The fraction of sp³-hybridized carbons (Fsp3) is 0.273. The third kappa shape index (κ3) is 4.57. The zero-order chi connectivity index (χ0) is 20.8. The van der Waals surface area contributed by atoms with E-state index >= 15 is 0 Å². The normalized spacial score (nSPS) is 11.8. The van der Waals surface area contributed by atoms with Crippen molar-refractivity contribution in [3.05, 3.63) is 65.9 Å². The first-order valence-corrected chi connectivity index (χ1v) is 9.39. The number of hydrogen-bond acceptors (Lipinski definition) is 6. The Morgan fingerprint density at radius 2 is 1.83 bits per heavy atom. The van der Waals surface area contributed by atoms with E-state index in [1.54, 1.807) is 41.8 Å². The van der Waals surface area contributed by atoms with E-state index < -0.39 is 18.0 Å². The summed E-state index contributed by atoms with van der Waals surface area (Å²) >= 11 is 0. The van der Waals surface area contributed by atoms with E-state index in [0.29, 0.717) is 16.9 Å². The first kappa shape index (κ1) is 20.4. The van der Waals surface area contributed by atoms with Gasteiger partial charge in [-0.15, -0.1) is 0 Å². The van der Waals surface area contributed by atoms with Gasteiger partial charge < -0.3 is 24.5 Å². The zero-order valence-electron chi connectivity index (χ0n) is 16.4. The molecule has 0 bridgehead atoms. The van der Waals surface area contributed by atoms with Crippen LogP contribution in [0.1, 0.15) is 27.8 Å². The molecule has 3 rings (SSSR count). The van der Waals surface area contributed by atoms with Crippen molar-refractivity contribution in [2.75, 3.05) is 25.6 Å². The van der Waals surface area contributed by atoms with Crippen LogP contribution in [0.2, 0.25) is 0 Å². The van der Waals surface area contributed by atoms with Crippen molar-refractivity contribution in [1.29, 1.82) is 0 Å². The fourth-order valence-electron chi connectivity index (χ4n) is 3.21. The van der Waals surface area contributed by atoms with Gasteiger partial charge in [-0.25, -0.2) is 9.59 Å². The number of carbonyl (C=O) groups is 2. The molecular formula is C22H24N2O5. The second-order valence-corrected chi connectivity index (χ2v) is 6.49. The van der Waals surface area contributed by atoms with E-state index in [2.05, 4.69) is 5.32 Å². The Morgan fingerprint density at radius 1 is 1.10 bits per heavy atom. The molecule has 0 fully saturated rings. The fourth-order valence-corrected chi connectivity index (χ4v) is 3.21. The predicted molar refractivity (Wildman–Crippen MR) is 110 cm³/mol. The number of nitrogens with one attached hydrogen (secondary N) is 1. The van der Waals surface area contributed by atoms with Gasteiger partial charge in [0, 0.05) is 23.1 Å². The second kappa shape index (κ2) is 9.25. The number of aliphatic hydroxyl groups excluding tert-OH is 1. The van der Waals surface area contributed by atoms with Crippen molar-refractivity contribution in [2.24, 2.45) is 0 Å². The van der Waals surface area contributed by atoms with Gasteiger partial charge >= 0.3 is 11.9 Å². The van der Waals surface area contributed by atoms with E-state index in [1.807, 2.05) is 24.3 Å². The van der Waals surface area contributed by atoms with Crippen molar-refractivity contribution in [2.45, 2.75) is 19.6 Å². The van der Waals surface area contributed by atoms with Gasteiger partial charge in [-0.3, -0.25) is 0 Å². The molecule has 7 nitrogen and oxygen atoms in total. The number of ether oxygens (including phenoxy) is 2.